The number of aromatic nitrogens is 2. The monoisotopic (exact) mass is 259 g/mol. The fourth-order valence-corrected chi connectivity index (χ4v) is 2.02. The topological polar surface area (TPSA) is 71.8 Å². The van der Waals surface area contributed by atoms with E-state index in [1.807, 2.05) is 0 Å². The Labute approximate surface area is 111 Å². The van der Waals surface area contributed by atoms with Gasteiger partial charge in [-0.15, -0.1) is 0 Å². The maximum atomic E-state index is 11.0. The molecular weight excluding hydrogens is 242 g/mol. The molecule has 2 aromatic rings. The van der Waals surface area contributed by atoms with Gasteiger partial charge in [0, 0.05) is 18.0 Å². The fourth-order valence-electron chi connectivity index (χ4n) is 2.02. The largest absolute Gasteiger partial charge is 0.342 e. The van der Waals surface area contributed by atoms with Gasteiger partial charge in [-0.2, -0.15) is 0 Å². The molecule has 0 aliphatic heterocycles. The van der Waals surface area contributed by atoms with Crippen molar-refractivity contribution in [2.45, 2.75) is 32.6 Å². The van der Waals surface area contributed by atoms with Gasteiger partial charge in [0.1, 0.15) is 5.82 Å². The number of nitro groups is 1. The summed E-state index contributed by atoms with van der Waals surface area (Å²) in [5.74, 6) is 0.568. The van der Waals surface area contributed by atoms with Crippen LogP contribution in [0.1, 0.15) is 31.9 Å². The Kier molecular flexibility index (Phi) is 4.28. The van der Waals surface area contributed by atoms with Crippen LogP contribution in [0.4, 0.5) is 5.69 Å². The molecule has 0 atom stereocenters. The lowest BCUT2D eigenvalue weighted by Gasteiger charge is -1.99. The van der Waals surface area contributed by atoms with Gasteiger partial charge in [0.25, 0.3) is 5.69 Å². The van der Waals surface area contributed by atoms with E-state index in [9.17, 15) is 10.1 Å². The average Bonchev–Trinajstić information content (AvgIpc) is 2.88. The van der Waals surface area contributed by atoms with Gasteiger partial charge in [0.05, 0.1) is 10.5 Å². The predicted octanol–water partition coefficient (Wildman–Crippen LogP) is 3.72. The van der Waals surface area contributed by atoms with Crippen molar-refractivity contribution < 1.29 is 4.92 Å². The van der Waals surface area contributed by atoms with Gasteiger partial charge in [0.15, 0.2) is 0 Å². The van der Waals surface area contributed by atoms with E-state index in [0.717, 1.165) is 18.5 Å². The maximum Gasteiger partial charge on any atom is 0.280 e. The Morgan fingerprint density at radius 2 is 2.11 bits per heavy atom. The molecule has 0 fully saturated rings. The van der Waals surface area contributed by atoms with E-state index in [1.165, 1.54) is 18.9 Å². The van der Waals surface area contributed by atoms with Crippen LogP contribution in [-0.4, -0.2) is 14.9 Å². The number of aryl methyl sites for hydroxylation is 1. The number of nitrogens with zero attached hydrogens (tertiary/aromatic N) is 2. The molecule has 5 heteroatoms. The molecule has 100 valence electrons. The van der Waals surface area contributed by atoms with E-state index in [-0.39, 0.29) is 10.6 Å². The molecule has 0 saturated carbocycles. The van der Waals surface area contributed by atoms with Crippen LogP contribution in [-0.2, 0) is 6.42 Å². The lowest BCUT2D eigenvalue weighted by atomic mass is 10.1. The lowest BCUT2D eigenvalue weighted by molar-refractivity contribution is -0.384. The van der Waals surface area contributed by atoms with E-state index >= 15 is 0 Å². The summed E-state index contributed by atoms with van der Waals surface area (Å²) in [5.41, 5.74) is 1.65. The second-order valence-corrected chi connectivity index (χ2v) is 4.49. The first-order chi connectivity index (χ1) is 9.22. The fraction of sp³-hybridized carbons (Fsp3) is 0.357. The summed E-state index contributed by atoms with van der Waals surface area (Å²) in [4.78, 5) is 18.0. The number of hydrogen-bond acceptors (Lipinski definition) is 3. The zero-order chi connectivity index (χ0) is 13.7. The van der Waals surface area contributed by atoms with Crippen molar-refractivity contribution in [2.75, 3.05) is 0 Å². The van der Waals surface area contributed by atoms with Gasteiger partial charge in [0.2, 0.25) is 0 Å². The molecule has 0 aliphatic carbocycles. The summed E-state index contributed by atoms with van der Waals surface area (Å²) in [5, 5.41) is 11.0. The van der Waals surface area contributed by atoms with Crippen LogP contribution in [0.3, 0.4) is 0 Å². The van der Waals surface area contributed by atoms with Crippen LogP contribution < -0.4 is 0 Å². The number of unbranched alkanes of at least 4 members (excludes halogenated alkanes) is 2. The van der Waals surface area contributed by atoms with Gasteiger partial charge in [-0.1, -0.05) is 31.9 Å². The Hall–Kier alpha value is -2.17. The number of aromatic amines is 1. The maximum absolute atomic E-state index is 11.0. The molecule has 19 heavy (non-hydrogen) atoms. The van der Waals surface area contributed by atoms with E-state index in [4.69, 9.17) is 0 Å². The third-order valence-electron chi connectivity index (χ3n) is 3.03. The highest BCUT2D eigenvalue weighted by molar-refractivity contribution is 5.67. The molecule has 0 spiro atoms. The third kappa shape index (κ3) is 3.19. The first-order valence-corrected chi connectivity index (χ1v) is 6.50. The predicted molar refractivity (Wildman–Crippen MR) is 73.9 cm³/mol. The number of nitro benzene ring substituents is 1. The van der Waals surface area contributed by atoms with E-state index < -0.39 is 0 Å². The zero-order valence-electron chi connectivity index (χ0n) is 10.9. The van der Waals surface area contributed by atoms with Gasteiger partial charge < -0.3 is 4.98 Å². The molecule has 0 radical (unpaired) electrons. The van der Waals surface area contributed by atoms with Crippen LogP contribution in [0.15, 0.2) is 30.5 Å². The molecule has 0 unspecified atom stereocenters. The Balaban J connectivity index is 2.21. The van der Waals surface area contributed by atoms with E-state index in [2.05, 4.69) is 16.9 Å². The molecule has 0 saturated heterocycles. The quantitative estimate of drug-likeness (QED) is 0.488. The Morgan fingerprint density at radius 3 is 2.84 bits per heavy atom. The van der Waals surface area contributed by atoms with Crippen LogP contribution in [0, 0.1) is 10.1 Å². The van der Waals surface area contributed by atoms with Crippen molar-refractivity contribution >= 4 is 5.69 Å². The minimum Gasteiger partial charge on any atom is -0.342 e. The standard InChI is InChI=1S/C14H17N3O2/c1-2-3-4-7-11-10-15-14(16-11)12-8-5-6-9-13(12)17(18)19/h5-6,8-10H,2-4,7H2,1H3,(H,15,16). The summed E-state index contributed by atoms with van der Waals surface area (Å²) in [7, 11) is 0. The first kappa shape index (κ1) is 13.3. The van der Waals surface area contributed by atoms with Crippen molar-refractivity contribution in [1.29, 1.82) is 0 Å². The van der Waals surface area contributed by atoms with Crippen molar-refractivity contribution in [3.8, 4) is 11.4 Å². The second-order valence-electron chi connectivity index (χ2n) is 4.49. The summed E-state index contributed by atoms with van der Waals surface area (Å²) in [6.45, 7) is 2.16. The van der Waals surface area contributed by atoms with Crippen molar-refractivity contribution in [1.82, 2.24) is 9.97 Å². The first-order valence-electron chi connectivity index (χ1n) is 6.50. The summed E-state index contributed by atoms with van der Waals surface area (Å²) < 4.78 is 0. The second kappa shape index (κ2) is 6.13. The van der Waals surface area contributed by atoms with Crippen molar-refractivity contribution in [3.63, 3.8) is 0 Å². The Morgan fingerprint density at radius 1 is 1.32 bits per heavy atom. The highest BCUT2D eigenvalue weighted by atomic mass is 16.6. The minimum absolute atomic E-state index is 0.0805. The number of H-pyrrole nitrogens is 1. The molecular formula is C14H17N3O2. The van der Waals surface area contributed by atoms with Gasteiger partial charge in [-0.05, 0) is 18.9 Å². The molecule has 2 rings (SSSR count). The molecule has 0 bridgehead atoms. The van der Waals surface area contributed by atoms with Gasteiger partial charge >= 0.3 is 0 Å². The number of imidazole rings is 1. The molecule has 1 heterocycles. The van der Waals surface area contributed by atoms with Crippen LogP contribution >= 0.6 is 0 Å². The highest BCUT2D eigenvalue weighted by Gasteiger charge is 2.16. The van der Waals surface area contributed by atoms with Gasteiger partial charge in [-0.25, -0.2) is 4.98 Å². The van der Waals surface area contributed by atoms with E-state index in [1.54, 1.807) is 24.4 Å². The molecule has 5 nitrogen and oxygen atoms in total. The van der Waals surface area contributed by atoms with Crippen LogP contribution in [0.5, 0.6) is 0 Å². The van der Waals surface area contributed by atoms with E-state index in [0.29, 0.717) is 11.4 Å². The normalized spacial score (nSPS) is 10.6. The summed E-state index contributed by atoms with van der Waals surface area (Å²) in [6, 6.07) is 6.65. The van der Waals surface area contributed by atoms with Gasteiger partial charge in [-0.3, -0.25) is 10.1 Å². The lowest BCUT2D eigenvalue weighted by Crippen LogP contribution is -1.93. The molecule has 0 aliphatic rings. The molecule has 1 aromatic heterocycles. The summed E-state index contributed by atoms with van der Waals surface area (Å²) in [6.07, 6.45) is 6.16. The van der Waals surface area contributed by atoms with Crippen LogP contribution in [0.25, 0.3) is 11.4 Å². The molecule has 1 N–H and O–H groups in total. The number of nitrogens with one attached hydrogen (secondary N) is 1. The summed E-state index contributed by atoms with van der Waals surface area (Å²) >= 11 is 0. The Bertz CT molecular complexity index is 563. The van der Waals surface area contributed by atoms with Crippen LogP contribution in [0.2, 0.25) is 0 Å². The molecule has 1 aromatic carbocycles. The highest BCUT2D eigenvalue weighted by Crippen LogP contribution is 2.27. The van der Waals surface area contributed by atoms with Crippen molar-refractivity contribution in [3.05, 3.63) is 46.3 Å². The average molecular weight is 259 g/mol. The minimum atomic E-state index is -0.380. The smallest absolute Gasteiger partial charge is 0.280 e. The van der Waals surface area contributed by atoms with Crippen molar-refractivity contribution in [2.24, 2.45) is 0 Å². The SMILES string of the molecule is CCCCCc1cnc(-c2ccccc2[N+](=O)[O-])[nH]1. The third-order valence-corrected chi connectivity index (χ3v) is 3.03. The number of benzene rings is 1. The number of rotatable bonds is 6. The number of hydrogen-bond donors (Lipinski definition) is 1. The zero-order valence-corrected chi connectivity index (χ0v) is 10.9. The molecule has 0 amide bonds. The number of para-hydroxylation sites is 1.